The zero-order valence-corrected chi connectivity index (χ0v) is 14.8. The summed E-state index contributed by atoms with van der Waals surface area (Å²) in [5.74, 6) is 1.14. The molecule has 0 spiro atoms. The molecule has 7 heteroatoms. The van der Waals surface area contributed by atoms with Crippen molar-refractivity contribution in [3.05, 3.63) is 29.8 Å². The minimum absolute atomic E-state index is 0.00376. The van der Waals surface area contributed by atoms with E-state index in [1.165, 1.54) is 11.8 Å². The number of hydrogen-bond donors (Lipinski definition) is 1. The highest BCUT2D eigenvalue weighted by Crippen LogP contribution is 2.24. The van der Waals surface area contributed by atoms with Gasteiger partial charge in [0.05, 0.1) is 11.9 Å². The number of aromatic nitrogens is 3. The lowest BCUT2D eigenvalue weighted by molar-refractivity contribution is -0.119. The minimum Gasteiger partial charge on any atom is -0.376 e. The fraction of sp³-hybridized carbons (Fsp3) is 0.471. The first-order valence-corrected chi connectivity index (χ1v) is 9.10. The van der Waals surface area contributed by atoms with E-state index >= 15 is 0 Å². The van der Waals surface area contributed by atoms with Crippen LogP contribution in [-0.4, -0.2) is 45.7 Å². The predicted octanol–water partition coefficient (Wildman–Crippen LogP) is 2.18. The zero-order valence-electron chi connectivity index (χ0n) is 14.0. The first kappa shape index (κ1) is 17.0. The monoisotopic (exact) mass is 346 g/mol. The number of aryl methyl sites for hydroxylation is 1. The SMILES string of the molecule is Cc1ccccc1-c1nnc(SCC(=O)NC[C@@H]2CCCO2)n1C. The molecule has 1 atom stereocenters. The summed E-state index contributed by atoms with van der Waals surface area (Å²) in [6.45, 7) is 3.44. The van der Waals surface area contributed by atoms with Crippen LogP contribution < -0.4 is 5.32 Å². The van der Waals surface area contributed by atoms with Crippen molar-refractivity contribution < 1.29 is 9.53 Å². The Labute approximate surface area is 146 Å². The topological polar surface area (TPSA) is 69.0 Å². The third-order valence-corrected chi connectivity index (χ3v) is 5.12. The van der Waals surface area contributed by atoms with Crippen LogP contribution in [0.15, 0.2) is 29.4 Å². The highest BCUT2D eigenvalue weighted by atomic mass is 32.2. The summed E-state index contributed by atoms with van der Waals surface area (Å²) in [6, 6.07) is 8.07. The highest BCUT2D eigenvalue weighted by Gasteiger charge is 2.17. The van der Waals surface area contributed by atoms with Crippen LogP contribution in [0.1, 0.15) is 18.4 Å². The molecule has 0 bridgehead atoms. The fourth-order valence-electron chi connectivity index (χ4n) is 2.71. The molecule has 1 fully saturated rings. The van der Waals surface area contributed by atoms with E-state index in [4.69, 9.17) is 4.74 Å². The van der Waals surface area contributed by atoms with Crippen LogP contribution in [0.3, 0.4) is 0 Å². The summed E-state index contributed by atoms with van der Waals surface area (Å²) in [5.41, 5.74) is 2.21. The molecule has 0 unspecified atom stereocenters. The Morgan fingerprint density at radius 3 is 3.00 bits per heavy atom. The van der Waals surface area contributed by atoms with Gasteiger partial charge in [0.25, 0.3) is 0 Å². The third kappa shape index (κ3) is 3.96. The quantitative estimate of drug-likeness (QED) is 0.812. The number of amides is 1. The van der Waals surface area contributed by atoms with Gasteiger partial charge in [-0.05, 0) is 25.3 Å². The van der Waals surface area contributed by atoms with Gasteiger partial charge in [0.2, 0.25) is 5.91 Å². The highest BCUT2D eigenvalue weighted by molar-refractivity contribution is 7.99. The van der Waals surface area contributed by atoms with Crippen LogP contribution in [-0.2, 0) is 16.6 Å². The molecule has 2 aromatic rings. The number of nitrogens with one attached hydrogen (secondary N) is 1. The number of ether oxygens (including phenoxy) is 1. The molecule has 1 aromatic heterocycles. The lowest BCUT2D eigenvalue weighted by atomic mass is 10.1. The first-order chi connectivity index (χ1) is 11.6. The number of hydrogen-bond acceptors (Lipinski definition) is 5. The molecule has 1 amide bonds. The van der Waals surface area contributed by atoms with Gasteiger partial charge in [-0.1, -0.05) is 36.0 Å². The molecule has 1 aliphatic rings. The van der Waals surface area contributed by atoms with Gasteiger partial charge in [-0.15, -0.1) is 10.2 Å². The number of thioether (sulfide) groups is 1. The van der Waals surface area contributed by atoms with Crippen molar-refractivity contribution >= 4 is 17.7 Å². The van der Waals surface area contributed by atoms with E-state index in [-0.39, 0.29) is 12.0 Å². The Bertz CT molecular complexity index is 710. The summed E-state index contributed by atoms with van der Waals surface area (Å²) < 4.78 is 7.43. The Morgan fingerprint density at radius 2 is 2.25 bits per heavy atom. The van der Waals surface area contributed by atoms with Gasteiger partial charge in [0.1, 0.15) is 0 Å². The number of rotatable bonds is 6. The van der Waals surface area contributed by atoms with Crippen LogP contribution in [0.2, 0.25) is 0 Å². The van der Waals surface area contributed by atoms with Crippen LogP contribution in [0, 0.1) is 6.92 Å². The van der Waals surface area contributed by atoms with E-state index in [1.54, 1.807) is 0 Å². The van der Waals surface area contributed by atoms with Crippen LogP contribution in [0.5, 0.6) is 0 Å². The van der Waals surface area contributed by atoms with Gasteiger partial charge in [-0.2, -0.15) is 0 Å². The summed E-state index contributed by atoms with van der Waals surface area (Å²) in [4.78, 5) is 12.0. The average molecular weight is 346 g/mol. The lowest BCUT2D eigenvalue weighted by Crippen LogP contribution is -2.32. The lowest BCUT2D eigenvalue weighted by Gasteiger charge is -2.10. The molecule has 128 valence electrons. The fourth-order valence-corrected chi connectivity index (χ4v) is 3.45. The molecule has 0 radical (unpaired) electrons. The normalized spacial score (nSPS) is 17.2. The van der Waals surface area contributed by atoms with Crippen molar-refractivity contribution in [1.29, 1.82) is 0 Å². The van der Waals surface area contributed by atoms with Crippen molar-refractivity contribution in [2.75, 3.05) is 18.9 Å². The van der Waals surface area contributed by atoms with E-state index in [0.717, 1.165) is 41.6 Å². The van der Waals surface area contributed by atoms with Gasteiger partial charge in [0.15, 0.2) is 11.0 Å². The maximum absolute atomic E-state index is 12.0. The molecule has 1 aromatic carbocycles. The van der Waals surface area contributed by atoms with Gasteiger partial charge in [-0.25, -0.2) is 0 Å². The average Bonchev–Trinajstić information content (AvgIpc) is 3.22. The molecule has 24 heavy (non-hydrogen) atoms. The Kier molecular flexibility index (Phi) is 5.52. The summed E-state index contributed by atoms with van der Waals surface area (Å²) >= 11 is 1.40. The molecular formula is C17H22N4O2S. The van der Waals surface area contributed by atoms with Crippen LogP contribution in [0.4, 0.5) is 0 Å². The zero-order chi connectivity index (χ0) is 16.9. The number of carbonyl (C=O) groups is 1. The van der Waals surface area contributed by atoms with E-state index in [1.807, 2.05) is 29.8 Å². The molecule has 1 saturated heterocycles. The van der Waals surface area contributed by atoms with E-state index < -0.39 is 0 Å². The van der Waals surface area contributed by atoms with E-state index in [0.29, 0.717) is 12.3 Å². The summed E-state index contributed by atoms with van der Waals surface area (Å²) in [5, 5.41) is 12.1. The third-order valence-electron chi connectivity index (χ3n) is 4.10. The Hall–Kier alpha value is -1.86. The van der Waals surface area contributed by atoms with Crippen molar-refractivity contribution in [3.8, 4) is 11.4 Å². The predicted molar refractivity (Wildman–Crippen MR) is 93.9 cm³/mol. The maximum atomic E-state index is 12.0. The molecule has 6 nitrogen and oxygen atoms in total. The smallest absolute Gasteiger partial charge is 0.230 e. The molecule has 1 aliphatic heterocycles. The largest absolute Gasteiger partial charge is 0.376 e. The second-order valence-electron chi connectivity index (χ2n) is 5.91. The number of benzene rings is 1. The van der Waals surface area contributed by atoms with Crippen molar-refractivity contribution in [2.24, 2.45) is 7.05 Å². The Balaban J connectivity index is 1.56. The van der Waals surface area contributed by atoms with Crippen molar-refractivity contribution in [3.63, 3.8) is 0 Å². The molecule has 3 rings (SSSR count). The second-order valence-corrected chi connectivity index (χ2v) is 6.85. The van der Waals surface area contributed by atoms with Crippen LogP contribution in [0.25, 0.3) is 11.4 Å². The van der Waals surface area contributed by atoms with Gasteiger partial charge in [-0.3, -0.25) is 4.79 Å². The number of carbonyl (C=O) groups excluding carboxylic acids is 1. The van der Waals surface area contributed by atoms with E-state index in [9.17, 15) is 4.79 Å². The van der Waals surface area contributed by atoms with Gasteiger partial charge in [0, 0.05) is 25.8 Å². The number of nitrogens with zero attached hydrogens (tertiary/aromatic N) is 3. The second kappa shape index (κ2) is 7.81. The molecule has 1 N–H and O–H groups in total. The first-order valence-electron chi connectivity index (χ1n) is 8.11. The molecule has 0 saturated carbocycles. The van der Waals surface area contributed by atoms with E-state index in [2.05, 4.69) is 28.5 Å². The Morgan fingerprint density at radius 1 is 1.42 bits per heavy atom. The maximum Gasteiger partial charge on any atom is 0.230 e. The molecule has 2 heterocycles. The van der Waals surface area contributed by atoms with Crippen LogP contribution >= 0.6 is 11.8 Å². The van der Waals surface area contributed by atoms with Crippen molar-refractivity contribution in [1.82, 2.24) is 20.1 Å². The van der Waals surface area contributed by atoms with Gasteiger partial charge < -0.3 is 14.6 Å². The van der Waals surface area contributed by atoms with Crippen molar-refractivity contribution in [2.45, 2.75) is 31.0 Å². The summed E-state index contributed by atoms with van der Waals surface area (Å²) in [6.07, 6.45) is 2.27. The standard InChI is InChI=1S/C17H22N4O2S/c1-12-6-3-4-8-14(12)16-19-20-17(21(16)2)24-11-15(22)18-10-13-7-5-9-23-13/h3-4,6,8,13H,5,7,9-11H2,1-2H3,(H,18,22)/t13-/m0/s1. The molecular weight excluding hydrogens is 324 g/mol. The summed E-state index contributed by atoms with van der Waals surface area (Å²) in [7, 11) is 1.92. The van der Waals surface area contributed by atoms with Gasteiger partial charge >= 0.3 is 0 Å². The minimum atomic E-state index is -0.00376. The molecule has 0 aliphatic carbocycles.